The number of aromatic nitrogens is 1. The lowest BCUT2D eigenvalue weighted by Gasteiger charge is -2.09. The summed E-state index contributed by atoms with van der Waals surface area (Å²) >= 11 is 0. The number of esters is 1. The number of hydrogen-bond acceptors (Lipinski definition) is 3. The Bertz CT molecular complexity index is 938. The molecular weight excluding hydrogens is 403 g/mol. The molecule has 32 heavy (non-hydrogen) atoms. The first-order chi connectivity index (χ1) is 15.2. The van der Waals surface area contributed by atoms with Crippen molar-refractivity contribution in [2.24, 2.45) is 0 Å². The third-order valence-corrected chi connectivity index (χ3v) is 4.38. The lowest BCUT2D eigenvalue weighted by Crippen LogP contribution is -2.34. The molecule has 1 heterocycles. The van der Waals surface area contributed by atoms with E-state index >= 15 is 0 Å². The van der Waals surface area contributed by atoms with Gasteiger partial charge in [0, 0.05) is 17.1 Å². The Morgan fingerprint density at radius 3 is 1.91 bits per heavy atom. The number of ether oxygens (including phenoxy) is 1. The van der Waals surface area contributed by atoms with E-state index in [1.807, 2.05) is 46.1 Å². The Hall–Kier alpha value is -2.82. The lowest BCUT2D eigenvalue weighted by molar-refractivity contribution is 0.0600. The van der Waals surface area contributed by atoms with Gasteiger partial charge in [-0.2, -0.15) is 0 Å². The molecule has 1 aromatic carbocycles. The van der Waals surface area contributed by atoms with Gasteiger partial charge in [0.1, 0.15) is 17.2 Å². The second-order valence-electron chi connectivity index (χ2n) is 7.03. The summed E-state index contributed by atoms with van der Waals surface area (Å²) in [4.78, 5) is 12.4. The third-order valence-electron chi connectivity index (χ3n) is 4.38. The first kappa shape index (κ1) is 31.4. The first-order valence-corrected chi connectivity index (χ1v) is 11.2. The maximum atomic E-state index is 13.2. The van der Waals surface area contributed by atoms with Crippen LogP contribution in [0, 0.1) is 5.82 Å². The summed E-state index contributed by atoms with van der Waals surface area (Å²) in [5.74, 6) is -0.357. The van der Waals surface area contributed by atoms with Gasteiger partial charge in [0.2, 0.25) is 0 Å². The summed E-state index contributed by atoms with van der Waals surface area (Å²) in [7, 11) is 1.35. The molecule has 0 saturated carbocycles. The number of hydrogen-bond donors (Lipinski definition) is 1. The van der Waals surface area contributed by atoms with Crippen LogP contribution in [0.2, 0.25) is 0 Å². The van der Waals surface area contributed by atoms with Crippen LogP contribution in [0.15, 0.2) is 37.4 Å². The highest BCUT2D eigenvalue weighted by Gasteiger charge is 2.21. The van der Waals surface area contributed by atoms with Crippen molar-refractivity contribution in [1.82, 2.24) is 4.57 Å². The molecule has 180 valence electrons. The number of benzene rings is 1. The van der Waals surface area contributed by atoms with Crippen LogP contribution < -0.4 is 16.3 Å². The van der Waals surface area contributed by atoms with E-state index in [2.05, 4.69) is 27.0 Å². The Morgan fingerprint density at radius 2 is 1.53 bits per heavy atom. The number of nitrogens with zero attached hydrogens (tertiary/aromatic N) is 1. The summed E-state index contributed by atoms with van der Waals surface area (Å²) in [6.07, 6.45) is 2.05. The predicted molar refractivity (Wildman–Crippen MR) is 138 cm³/mol. The molecule has 4 nitrogen and oxygen atoms in total. The smallest absolute Gasteiger partial charge is 0.342 e. The molecule has 5 heteroatoms. The molecule has 0 fully saturated rings. The minimum absolute atomic E-state index is 0.284. The maximum absolute atomic E-state index is 13.2. The molecule has 0 radical (unpaired) electrons. The van der Waals surface area contributed by atoms with Gasteiger partial charge in [-0.1, -0.05) is 64.3 Å². The zero-order chi connectivity index (χ0) is 25.4. The molecule has 2 aromatic rings. The van der Waals surface area contributed by atoms with E-state index in [9.17, 15) is 9.18 Å². The minimum atomic E-state index is -0.444. The highest BCUT2D eigenvalue weighted by molar-refractivity contribution is 5.95. The normalized spacial score (nSPS) is 10.3. The number of nitrogens with two attached hydrogens (primary N) is 1. The summed E-state index contributed by atoms with van der Waals surface area (Å²) in [6.45, 7) is 22.7. The van der Waals surface area contributed by atoms with Crippen LogP contribution >= 0.6 is 0 Å². The van der Waals surface area contributed by atoms with E-state index in [0.717, 1.165) is 33.7 Å². The van der Waals surface area contributed by atoms with Gasteiger partial charge in [-0.3, -0.25) is 0 Å². The molecule has 0 atom stereocenters. The van der Waals surface area contributed by atoms with Crippen molar-refractivity contribution in [3.63, 3.8) is 0 Å². The Kier molecular flexibility index (Phi) is 16.5. The zero-order valence-electron chi connectivity index (χ0n) is 21.6. The molecule has 2 rings (SSSR count). The summed E-state index contributed by atoms with van der Waals surface area (Å²) in [5, 5.41) is 1.76. The van der Waals surface area contributed by atoms with Crippen LogP contribution in [0.4, 0.5) is 10.2 Å². The van der Waals surface area contributed by atoms with E-state index in [1.165, 1.54) is 25.7 Å². The molecule has 0 bridgehead atoms. The van der Waals surface area contributed by atoms with Crippen LogP contribution in [0.1, 0.15) is 84.2 Å². The van der Waals surface area contributed by atoms with Crippen LogP contribution in [-0.2, 0) is 11.3 Å². The number of carbonyl (C=O) groups excluding carboxylic acids is 1. The fraction of sp³-hybridized carbons (Fsp3) is 0.444. The zero-order valence-corrected chi connectivity index (χ0v) is 21.6. The second kappa shape index (κ2) is 16.8. The average molecular weight is 447 g/mol. The molecular formula is C27H43FN2O2. The maximum Gasteiger partial charge on any atom is 0.342 e. The van der Waals surface area contributed by atoms with Crippen molar-refractivity contribution in [3.05, 3.63) is 64.9 Å². The quantitative estimate of drug-likeness (QED) is 0.459. The lowest BCUT2D eigenvalue weighted by atomic mass is 10.1. The minimum Gasteiger partial charge on any atom is -0.465 e. The number of carbonyl (C=O) groups is 1. The number of halogens is 1. The van der Waals surface area contributed by atoms with Crippen molar-refractivity contribution in [2.75, 3.05) is 12.8 Å². The average Bonchev–Trinajstić information content (AvgIpc) is 3.09. The number of methoxy groups -OCH3 is 1. The standard InChI is InChI=1S/C20H25FN2O2.C3H8.C2H6.C2H4/c1-6-13(4)16-17(20(24)25-5)19(22)23(18(16)12(2)3)11-14-7-9-15(21)10-8-14;1-3-2;2*1-2/h7-10H,6,11,22H2,1-5H3;3H2,1-2H3;1-2H3;1-2H2. The highest BCUT2D eigenvalue weighted by Crippen LogP contribution is 2.14. The van der Waals surface area contributed by atoms with Gasteiger partial charge in [-0.15, -0.1) is 13.2 Å². The molecule has 0 aliphatic rings. The topological polar surface area (TPSA) is 57.2 Å². The van der Waals surface area contributed by atoms with Gasteiger partial charge in [0.15, 0.2) is 0 Å². The van der Waals surface area contributed by atoms with Crippen LogP contribution in [0.5, 0.6) is 0 Å². The van der Waals surface area contributed by atoms with Crippen LogP contribution in [0.3, 0.4) is 0 Å². The Labute approximate surface area is 194 Å². The SMILES string of the molecule is C=C.CC.CCC.CCC(C)=c1c(C(=O)OC)c(N)n(Cc2ccc(F)cc2)c1=C(C)C. The monoisotopic (exact) mass is 446 g/mol. The Morgan fingerprint density at radius 1 is 1.06 bits per heavy atom. The largest absolute Gasteiger partial charge is 0.465 e. The van der Waals surface area contributed by atoms with Crippen LogP contribution in [0.25, 0.3) is 11.1 Å². The van der Waals surface area contributed by atoms with Crippen molar-refractivity contribution in [3.8, 4) is 0 Å². The first-order valence-electron chi connectivity index (χ1n) is 11.2. The molecule has 0 amide bonds. The van der Waals surface area contributed by atoms with Crippen molar-refractivity contribution >= 4 is 22.9 Å². The summed E-state index contributed by atoms with van der Waals surface area (Å²) in [6, 6.07) is 6.28. The van der Waals surface area contributed by atoms with Gasteiger partial charge >= 0.3 is 5.97 Å². The van der Waals surface area contributed by atoms with E-state index in [1.54, 1.807) is 12.1 Å². The highest BCUT2D eigenvalue weighted by atomic mass is 19.1. The molecule has 0 saturated heterocycles. The van der Waals surface area contributed by atoms with Gasteiger partial charge in [0.25, 0.3) is 0 Å². The van der Waals surface area contributed by atoms with E-state index in [-0.39, 0.29) is 5.82 Å². The van der Waals surface area contributed by atoms with Crippen molar-refractivity contribution < 1.29 is 13.9 Å². The predicted octanol–water partition coefficient (Wildman–Crippen LogP) is 6.06. The van der Waals surface area contributed by atoms with E-state index in [0.29, 0.717) is 17.9 Å². The molecule has 0 aliphatic heterocycles. The molecule has 0 spiro atoms. The molecule has 2 N–H and O–H groups in total. The third kappa shape index (κ3) is 8.37. The van der Waals surface area contributed by atoms with Crippen molar-refractivity contribution in [1.29, 1.82) is 0 Å². The second-order valence-corrected chi connectivity index (χ2v) is 7.03. The van der Waals surface area contributed by atoms with E-state index in [4.69, 9.17) is 10.5 Å². The van der Waals surface area contributed by atoms with Gasteiger partial charge in [-0.05, 0) is 44.9 Å². The molecule has 0 unspecified atom stereocenters. The summed E-state index contributed by atoms with van der Waals surface area (Å²) in [5.41, 5.74) is 9.78. The Balaban J connectivity index is 0. The van der Waals surface area contributed by atoms with Crippen LogP contribution in [-0.4, -0.2) is 17.6 Å². The van der Waals surface area contributed by atoms with Gasteiger partial charge in [0.05, 0.1) is 7.11 Å². The number of anilines is 1. The van der Waals surface area contributed by atoms with E-state index < -0.39 is 5.97 Å². The fourth-order valence-electron chi connectivity index (χ4n) is 2.99. The number of rotatable bonds is 4. The molecule has 0 aliphatic carbocycles. The van der Waals surface area contributed by atoms with Crippen molar-refractivity contribution in [2.45, 2.75) is 74.8 Å². The van der Waals surface area contributed by atoms with Gasteiger partial charge in [-0.25, -0.2) is 9.18 Å². The number of nitrogen functional groups attached to an aromatic ring is 1. The fourth-order valence-corrected chi connectivity index (χ4v) is 2.99. The van der Waals surface area contributed by atoms with Gasteiger partial charge < -0.3 is 15.0 Å². The molecule has 1 aromatic heterocycles. The summed E-state index contributed by atoms with van der Waals surface area (Å²) < 4.78 is 20.1.